The van der Waals surface area contributed by atoms with Gasteiger partial charge in [-0.05, 0) is 29.8 Å². The van der Waals surface area contributed by atoms with E-state index in [2.05, 4.69) is 15.3 Å². The number of hydrogen-bond acceptors (Lipinski definition) is 6. The minimum Gasteiger partial charge on any atom is -0.355 e. The zero-order valence-electron chi connectivity index (χ0n) is 17.0. The van der Waals surface area contributed by atoms with Crippen molar-refractivity contribution in [2.45, 2.75) is 5.16 Å². The molecule has 0 spiro atoms. The van der Waals surface area contributed by atoms with Crippen molar-refractivity contribution >= 4 is 45.2 Å². The smallest absolute Gasteiger partial charge is 0.283 e. The first kappa shape index (κ1) is 21.1. The zero-order chi connectivity index (χ0) is 22.8. The van der Waals surface area contributed by atoms with Gasteiger partial charge in [0.2, 0.25) is 5.91 Å². The molecule has 0 fully saturated rings. The van der Waals surface area contributed by atoms with Gasteiger partial charge in [-0.15, -0.1) is 11.3 Å². The Bertz CT molecular complexity index is 1480. The van der Waals surface area contributed by atoms with E-state index < -0.39 is 5.82 Å². The molecule has 1 amide bonds. The molecular weight excluding hydrogens is 461 g/mol. The van der Waals surface area contributed by atoms with Crippen molar-refractivity contribution in [3.8, 4) is 16.8 Å². The summed E-state index contributed by atoms with van der Waals surface area (Å²) in [7, 11) is 0. The van der Waals surface area contributed by atoms with E-state index in [1.54, 1.807) is 17.8 Å². The Hall–Kier alpha value is -3.76. The van der Waals surface area contributed by atoms with Crippen LogP contribution >= 0.6 is 23.1 Å². The van der Waals surface area contributed by atoms with Gasteiger partial charge in [-0.3, -0.25) is 14.2 Å². The fourth-order valence-corrected chi connectivity index (χ4v) is 4.71. The number of benzene rings is 2. The Morgan fingerprint density at radius 1 is 1.15 bits per heavy atom. The third-order valence-corrected chi connectivity index (χ3v) is 6.48. The molecule has 33 heavy (non-hydrogen) atoms. The molecule has 0 aliphatic carbocycles. The van der Waals surface area contributed by atoms with Crippen molar-refractivity contribution in [2.24, 2.45) is 0 Å². The molecule has 3 aromatic heterocycles. The molecule has 0 aliphatic heterocycles. The number of amides is 1. The molecule has 0 aliphatic rings. The molecule has 0 bridgehead atoms. The second kappa shape index (κ2) is 9.00. The fraction of sp³-hybridized carbons (Fsp3) is 0.0435. The molecule has 0 atom stereocenters. The maximum atomic E-state index is 13.5. The van der Waals surface area contributed by atoms with Crippen LogP contribution in [-0.4, -0.2) is 31.2 Å². The molecule has 164 valence electrons. The van der Waals surface area contributed by atoms with Crippen LogP contribution in [0.5, 0.6) is 0 Å². The number of thioether (sulfide) groups is 1. The van der Waals surface area contributed by atoms with Gasteiger partial charge in [-0.1, -0.05) is 42.1 Å². The first-order valence-electron chi connectivity index (χ1n) is 9.88. The summed E-state index contributed by atoms with van der Waals surface area (Å²) in [5.41, 5.74) is 2.64. The van der Waals surface area contributed by atoms with Gasteiger partial charge < -0.3 is 10.3 Å². The lowest BCUT2D eigenvalue weighted by Gasteiger charge is -2.12. The van der Waals surface area contributed by atoms with Crippen molar-refractivity contribution in [3.63, 3.8) is 0 Å². The average molecular weight is 478 g/mol. The van der Waals surface area contributed by atoms with Gasteiger partial charge in [0.15, 0.2) is 10.3 Å². The quantitative estimate of drug-likeness (QED) is 0.273. The van der Waals surface area contributed by atoms with E-state index in [0.29, 0.717) is 27.0 Å². The lowest BCUT2D eigenvalue weighted by atomic mass is 10.1. The summed E-state index contributed by atoms with van der Waals surface area (Å²) in [6.45, 7) is 0. The van der Waals surface area contributed by atoms with Gasteiger partial charge in [0, 0.05) is 23.3 Å². The summed E-state index contributed by atoms with van der Waals surface area (Å²) in [6.07, 6.45) is 3.35. The highest BCUT2D eigenvalue weighted by Gasteiger charge is 2.19. The number of anilines is 1. The predicted molar refractivity (Wildman–Crippen MR) is 129 cm³/mol. The van der Waals surface area contributed by atoms with Gasteiger partial charge in [-0.2, -0.15) is 0 Å². The fourth-order valence-electron chi connectivity index (χ4n) is 3.36. The number of nitrogens with one attached hydrogen (secondary N) is 2. The van der Waals surface area contributed by atoms with Crippen LogP contribution in [0.25, 0.3) is 27.8 Å². The molecule has 5 rings (SSSR count). The summed E-state index contributed by atoms with van der Waals surface area (Å²) >= 11 is 2.44. The third kappa shape index (κ3) is 4.30. The largest absolute Gasteiger partial charge is 0.355 e. The monoisotopic (exact) mass is 477 g/mol. The van der Waals surface area contributed by atoms with Crippen LogP contribution in [-0.2, 0) is 4.79 Å². The Morgan fingerprint density at radius 2 is 1.94 bits per heavy atom. The molecule has 0 saturated heterocycles. The zero-order valence-corrected chi connectivity index (χ0v) is 18.6. The number of H-pyrrole nitrogens is 1. The van der Waals surface area contributed by atoms with Gasteiger partial charge in [-0.25, -0.2) is 14.4 Å². The van der Waals surface area contributed by atoms with E-state index in [1.807, 2.05) is 30.3 Å². The number of aromatic amines is 1. The van der Waals surface area contributed by atoms with Gasteiger partial charge in [0.25, 0.3) is 5.56 Å². The van der Waals surface area contributed by atoms with Crippen LogP contribution < -0.4 is 10.9 Å². The summed E-state index contributed by atoms with van der Waals surface area (Å²) in [6, 6.07) is 15.2. The van der Waals surface area contributed by atoms with Crippen LogP contribution in [0.15, 0.2) is 82.3 Å². The number of aromatic nitrogens is 4. The number of nitrogens with zero attached hydrogens (tertiary/aromatic N) is 3. The first-order valence-corrected chi connectivity index (χ1v) is 11.7. The molecule has 0 saturated carbocycles. The van der Waals surface area contributed by atoms with Crippen molar-refractivity contribution in [2.75, 3.05) is 11.1 Å². The van der Waals surface area contributed by atoms with Crippen LogP contribution in [0.3, 0.4) is 0 Å². The number of rotatable bonds is 6. The standard InChI is InChI=1S/C23H16FN5O2S2/c24-15-6-8-16(9-7-15)29-21(31)20-19(17(12-26-20)14-4-2-1-3-5-14)28-23(29)33-13-18(30)27-22-25-10-11-32-22/h1-12,26H,13H2,(H,25,27,30). The highest BCUT2D eigenvalue weighted by Crippen LogP contribution is 2.29. The molecule has 3 heterocycles. The molecule has 7 nitrogen and oxygen atoms in total. The van der Waals surface area contributed by atoms with Gasteiger partial charge in [0.1, 0.15) is 16.9 Å². The van der Waals surface area contributed by atoms with Crippen molar-refractivity contribution < 1.29 is 9.18 Å². The third-order valence-electron chi connectivity index (χ3n) is 4.85. The number of carbonyl (C=O) groups is 1. The second-order valence-electron chi connectivity index (χ2n) is 6.98. The van der Waals surface area contributed by atoms with Crippen LogP contribution in [0.2, 0.25) is 0 Å². The predicted octanol–water partition coefficient (Wildman–Crippen LogP) is 4.71. The van der Waals surface area contributed by atoms with E-state index in [-0.39, 0.29) is 17.2 Å². The Morgan fingerprint density at radius 3 is 2.67 bits per heavy atom. The molecule has 2 aromatic carbocycles. The van der Waals surface area contributed by atoms with E-state index in [0.717, 1.165) is 22.9 Å². The maximum Gasteiger partial charge on any atom is 0.283 e. The summed E-state index contributed by atoms with van der Waals surface area (Å²) in [4.78, 5) is 37.7. The van der Waals surface area contributed by atoms with E-state index in [9.17, 15) is 14.0 Å². The second-order valence-corrected chi connectivity index (χ2v) is 8.81. The minimum absolute atomic E-state index is 0.0177. The number of halogens is 1. The first-order chi connectivity index (χ1) is 16.1. The highest BCUT2D eigenvalue weighted by atomic mass is 32.2. The Balaban J connectivity index is 1.59. The minimum atomic E-state index is -0.413. The normalized spacial score (nSPS) is 11.1. The van der Waals surface area contributed by atoms with Crippen LogP contribution in [0.4, 0.5) is 9.52 Å². The number of thiazole rings is 1. The molecular formula is C23H16FN5O2S2. The number of hydrogen-bond donors (Lipinski definition) is 2. The number of fused-ring (bicyclic) bond motifs is 1. The summed E-state index contributed by atoms with van der Waals surface area (Å²) in [5, 5.41) is 5.31. The van der Waals surface area contributed by atoms with Gasteiger partial charge >= 0.3 is 0 Å². The molecule has 10 heteroatoms. The lowest BCUT2D eigenvalue weighted by Crippen LogP contribution is -2.23. The SMILES string of the molecule is O=C(CSc1nc2c(-c3ccccc3)c[nH]c2c(=O)n1-c1ccc(F)cc1)Nc1nccs1. The van der Waals surface area contributed by atoms with Crippen LogP contribution in [0, 0.1) is 5.82 Å². The van der Waals surface area contributed by atoms with E-state index >= 15 is 0 Å². The summed E-state index contributed by atoms with van der Waals surface area (Å²) in [5.74, 6) is -0.666. The molecule has 0 radical (unpaired) electrons. The molecule has 0 unspecified atom stereocenters. The van der Waals surface area contributed by atoms with E-state index in [4.69, 9.17) is 4.98 Å². The lowest BCUT2D eigenvalue weighted by molar-refractivity contribution is -0.113. The van der Waals surface area contributed by atoms with E-state index in [1.165, 1.54) is 40.2 Å². The topological polar surface area (TPSA) is 92.7 Å². The molecule has 2 N–H and O–H groups in total. The Labute approximate surface area is 195 Å². The summed E-state index contributed by atoms with van der Waals surface area (Å²) < 4.78 is 14.9. The maximum absolute atomic E-state index is 13.5. The Kier molecular flexibility index (Phi) is 5.76. The average Bonchev–Trinajstić information content (AvgIpc) is 3.49. The van der Waals surface area contributed by atoms with Crippen molar-refractivity contribution in [1.29, 1.82) is 0 Å². The highest BCUT2D eigenvalue weighted by molar-refractivity contribution is 7.99. The number of carbonyl (C=O) groups excluding carboxylic acids is 1. The van der Waals surface area contributed by atoms with Crippen LogP contribution in [0.1, 0.15) is 0 Å². The molecule has 5 aromatic rings. The van der Waals surface area contributed by atoms with Gasteiger partial charge in [0.05, 0.1) is 11.4 Å². The van der Waals surface area contributed by atoms with Crippen molar-refractivity contribution in [3.05, 3.63) is 88.5 Å². The van der Waals surface area contributed by atoms with Crippen molar-refractivity contribution in [1.82, 2.24) is 19.5 Å².